The van der Waals surface area contributed by atoms with Crippen LogP contribution in [0.15, 0.2) is 48.5 Å². The predicted octanol–water partition coefficient (Wildman–Crippen LogP) is 5.88. The fourth-order valence-electron chi connectivity index (χ4n) is 2.41. The van der Waals surface area contributed by atoms with Gasteiger partial charge in [-0.2, -0.15) is 0 Å². The molecule has 0 spiro atoms. The number of ketones is 1. The summed E-state index contributed by atoms with van der Waals surface area (Å²) in [5.74, 6) is 0.433. The Morgan fingerprint density at radius 2 is 1.73 bits per heavy atom. The highest BCUT2D eigenvalue weighted by molar-refractivity contribution is 9.08. The molecule has 0 fully saturated rings. The van der Waals surface area contributed by atoms with Gasteiger partial charge in [0.15, 0.2) is 5.78 Å². The molecular formula is C21H27BrO3Si. The molecule has 0 heterocycles. The van der Waals surface area contributed by atoms with Gasteiger partial charge in [0.2, 0.25) is 8.32 Å². The van der Waals surface area contributed by atoms with E-state index in [-0.39, 0.29) is 10.8 Å². The molecule has 3 nitrogen and oxygen atoms in total. The lowest BCUT2D eigenvalue weighted by molar-refractivity contribution is 0.0746. The lowest BCUT2D eigenvalue weighted by atomic mass is 9.96. The molecule has 0 aromatic heterocycles. The monoisotopic (exact) mass is 434 g/mol. The molecule has 0 saturated carbocycles. The minimum absolute atomic E-state index is 0.0606. The predicted molar refractivity (Wildman–Crippen MR) is 113 cm³/mol. The van der Waals surface area contributed by atoms with Crippen molar-refractivity contribution in [2.24, 2.45) is 0 Å². The number of halogens is 1. The van der Waals surface area contributed by atoms with Crippen LogP contribution in [-0.2, 0) is 5.33 Å². The third-order valence-corrected chi connectivity index (χ3v) is 9.98. The van der Waals surface area contributed by atoms with Crippen molar-refractivity contribution in [3.05, 3.63) is 65.2 Å². The third kappa shape index (κ3) is 4.45. The van der Waals surface area contributed by atoms with Crippen molar-refractivity contribution in [1.82, 2.24) is 0 Å². The second-order valence-electron chi connectivity index (χ2n) is 7.95. The fourth-order valence-corrected chi connectivity index (χ4v) is 4.05. The van der Waals surface area contributed by atoms with Gasteiger partial charge in [-0.25, -0.2) is 0 Å². The van der Waals surface area contributed by atoms with E-state index in [2.05, 4.69) is 49.8 Å². The number of aliphatic hydroxyl groups excluding tert-OH is 1. The molecule has 0 radical (unpaired) electrons. The van der Waals surface area contributed by atoms with Crippen LogP contribution in [0.25, 0.3) is 0 Å². The average molecular weight is 435 g/mol. The van der Waals surface area contributed by atoms with E-state index < -0.39 is 14.4 Å². The second kappa shape index (κ2) is 8.07. The molecule has 5 heteroatoms. The summed E-state index contributed by atoms with van der Waals surface area (Å²) in [6.07, 6.45) is -1.21. The van der Waals surface area contributed by atoms with Gasteiger partial charge in [0, 0.05) is 16.5 Å². The number of hydrogen-bond donors (Lipinski definition) is 1. The number of carbonyl (C=O) groups is 1. The van der Waals surface area contributed by atoms with Crippen molar-refractivity contribution in [2.45, 2.75) is 50.3 Å². The Balaban J connectivity index is 2.40. The van der Waals surface area contributed by atoms with Gasteiger partial charge in [-0.15, -0.1) is 0 Å². The first-order valence-corrected chi connectivity index (χ1v) is 12.8. The quantitative estimate of drug-likeness (QED) is 0.350. The zero-order valence-corrected chi connectivity index (χ0v) is 18.6. The van der Waals surface area contributed by atoms with E-state index in [1.165, 1.54) is 0 Å². The molecule has 26 heavy (non-hydrogen) atoms. The lowest BCUT2D eigenvalue weighted by Gasteiger charge is -2.37. The van der Waals surface area contributed by atoms with Crippen LogP contribution in [0.2, 0.25) is 18.1 Å². The van der Waals surface area contributed by atoms with E-state index in [0.717, 1.165) is 11.3 Å². The summed E-state index contributed by atoms with van der Waals surface area (Å²) >= 11 is 3.50. The Morgan fingerprint density at radius 3 is 2.27 bits per heavy atom. The first-order chi connectivity index (χ1) is 12.1. The van der Waals surface area contributed by atoms with Crippen molar-refractivity contribution in [2.75, 3.05) is 0 Å². The fraction of sp³-hybridized carbons (Fsp3) is 0.381. The highest BCUT2D eigenvalue weighted by Gasteiger charge is 2.39. The topological polar surface area (TPSA) is 46.5 Å². The van der Waals surface area contributed by atoms with Gasteiger partial charge in [0.05, 0.1) is 0 Å². The van der Waals surface area contributed by atoms with Gasteiger partial charge in [-0.3, -0.25) is 4.79 Å². The Bertz CT molecular complexity index is 767. The van der Waals surface area contributed by atoms with Gasteiger partial charge < -0.3 is 9.53 Å². The van der Waals surface area contributed by atoms with E-state index in [1.807, 2.05) is 18.2 Å². The van der Waals surface area contributed by atoms with Crippen molar-refractivity contribution < 1.29 is 14.3 Å². The number of hydrogen-bond acceptors (Lipinski definition) is 3. The molecule has 0 amide bonds. The van der Waals surface area contributed by atoms with Crippen LogP contribution in [-0.4, -0.2) is 19.2 Å². The first-order valence-electron chi connectivity index (χ1n) is 8.72. The molecule has 1 atom stereocenters. The van der Waals surface area contributed by atoms with E-state index in [1.54, 1.807) is 30.3 Å². The maximum atomic E-state index is 12.7. The van der Waals surface area contributed by atoms with Crippen LogP contribution in [0.5, 0.6) is 5.75 Å². The maximum absolute atomic E-state index is 12.7. The van der Waals surface area contributed by atoms with Crippen LogP contribution in [0.4, 0.5) is 0 Å². The number of alkyl halides is 1. The molecule has 2 aromatic carbocycles. The molecule has 0 aliphatic heterocycles. The zero-order chi connectivity index (χ0) is 19.5. The van der Waals surface area contributed by atoms with Gasteiger partial charge in [-0.05, 0) is 29.8 Å². The van der Waals surface area contributed by atoms with E-state index in [0.29, 0.717) is 16.5 Å². The Labute approximate surface area is 165 Å². The average Bonchev–Trinajstić information content (AvgIpc) is 2.59. The van der Waals surface area contributed by atoms with E-state index in [9.17, 15) is 9.90 Å². The van der Waals surface area contributed by atoms with Gasteiger partial charge in [0.1, 0.15) is 11.9 Å². The van der Waals surface area contributed by atoms with Crippen LogP contribution >= 0.6 is 15.9 Å². The normalized spacial score (nSPS) is 13.3. The molecule has 1 N–H and O–H groups in total. The Hall–Kier alpha value is -1.43. The highest BCUT2D eigenvalue weighted by atomic mass is 79.9. The van der Waals surface area contributed by atoms with Gasteiger partial charge >= 0.3 is 0 Å². The number of rotatable bonds is 6. The standard InChI is InChI=1S/C21H27BrO3Si/c1-21(2,3)26(4,5)25-18-13-9-12-16(17(18)14-22)20(24)19(23)15-10-7-6-8-11-15/h6-13,20,24H,14H2,1-5H3. The molecule has 0 bridgehead atoms. The molecule has 2 aromatic rings. The number of aliphatic hydroxyl groups is 1. The summed E-state index contributed by atoms with van der Waals surface area (Å²) in [5.41, 5.74) is 1.91. The molecule has 0 saturated heterocycles. The van der Waals surface area contributed by atoms with Gasteiger partial charge in [-0.1, -0.05) is 79.2 Å². The third-order valence-electron chi connectivity index (χ3n) is 5.08. The first kappa shape index (κ1) is 20.9. The Kier molecular flexibility index (Phi) is 6.48. The van der Waals surface area contributed by atoms with E-state index in [4.69, 9.17) is 4.43 Å². The summed E-state index contributed by atoms with van der Waals surface area (Å²) in [6, 6.07) is 14.4. The van der Waals surface area contributed by atoms with Gasteiger partial charge in [0.25, 0.3) is 0 Å². The molecule has 140 valence electrons. The summed E-state index contributed by atoms with van der Waals surface area (Å²) in [4.78, 5) is 12.7. The maximum Gasteiger partial charge on any atom is 0.250 e. The van der Waals surface area contributed by atoms with E-state index >= 15 is 0 Å². The smallest absolute Gasteiger partial charge is 0.250 e. The van der Waals surface area contributed by atoms with Crippen LogP contribution in [0.1, 0.15) is 48.4 Å². The van der Waals surface area contributed by atoms with Crippen LogP contribution in [0.3, 0.4) is 0 Å². The number of benzene rings is 2. The van der Waals surface area contributed by atoms with Crippen molar-refractivity contribution in [3.63, 3.8) is 0 Å². The highest BCUT2D eigenvalue weighted by Crippen LogP contribution is 2.40. The Morgan fingerprint density at radius 1 is 1.12 bits per heavy atom. The number of carbonyl (C=O) groups excluding carboxylic acids is 1. The minimum atomic E-state index is -2.03. The molecular weight excluding hydrogens is 408 g/mol. The largest absolute Gasteiger partial charge is 0.543 e. The molecule has 2 rings (SSSR count). The molecule has 1 unspecified atom stereocenters. The summed E-state index contributed by atoms with van der Waals surface area (Å²) in [7, 11) is -2.03. The minimum Gasteiger partial charge on any atom is -0.543 e. The van der Waals surface area contributed by atoms with Crippen LogP contribution < -0.4 is 4.43 Å². The van der Waals surface area contributed by atoms with Crippen molar-refractivity contribution in [1.29, 1.82) is 0 Å². The SMILES string of the molecule is CC(C)(C)[Si](C)(C)Oc1cccc(C(O)C(=O)c2ccccc2)c1CBr. The lowest BCUT2D eigenvalue weighted by Crippen LogP contribution is -2.44. The molecule has 0 aliphatic rings. The van der Waals surface area contributed by atoms with Crippen molar-refractivity contribution >= 4 is 30.0 Å². The van der Waals surface area contributed by atoms with Crippen molar-refractivity contribution in [3.8, 4) is 5.75 Å². The summed E-state index contributed by atoms with van der Waals surface area (Å²) in [5, 5.41) is 11.3. The summed E-state index contributed by atoms with van der Waals surface area (Å²) in [6.45, 7) is 10.9. The summed E-state index contributed by atoms with van der Waals surface area (Å²) < 4.78 is 6.45. The van der Waals surface area contributed by atoms with Crippen LogP contribution in [0, 0.1) is 0 Å². The second-order valence-corrected chi connectivity index (χ2v) is 13.2. The molecule has 0 aliphatic carbocycles. The zero-order valence-electron chi connectivity index (χ0n) is 16.0. The number of Topliss-reactive ketones (excluding diaryl/α,β-unsaturated/α-hetero) is 1.